The van der Waals surface area contributed by atoms with Crippen LogP contribution >= 0.6 is 0 Å². The monoisotopic (exact) mass is 326 g/mol. The molecule has 0 radical (unpaired) electrons. The molecule has 1 aromatic carbocycles. The Kier molecular flexibility index (Phi) is 4.00. The topological polar surface area (TPSA) is 53.7 Å². The zero-order valence-electron chi connectivity index (χ0n) is 13.2. The highest BCUT2D eigenvalue weighted by atomic mass is 19.1. The van der Waals surface area contributed by atoms with E-state index in [1.165, 1.54) is 12.1 Å². The first kappa shape index (κ1) is 15.2. The number of halogens is 1. The van der Waals surface area contributed by atoms with E-state index in [-0.39, 0.29) is 5.82 Å². The number of aromatic nitrogens is 3. The van der Waals surface area contributed by atoms with Crippen LogP contribution in [-0.2, 0) is 6.54 Å². The van der Waals surface area contributed by atoms with E-state index in [2.05, 4.69) is 14.9 Å². The minimum atomic E-state index is -0.632. The Labute approximate surface area is 139 Å². The van der Waals surface area contributed by atoms with Crippen LogP contribution in [0.15, 0.2) is 49.1 Å². The molecule has 0 aliphatic heterocycles. The number of hydrogen-bond donors (Lipinski definition) is 1. The number of nitrogens with zero attached hydrogens (tertiary/aromatic N) is 4. The fraction of sp³-hybridized carbons (Fsp3) is 0.333. The lowest BCUT2D eigenvalue weighted by Crippen LogP contribution is -2.30. The molecule has 1 atom stereocenters. The summed E-state index contributed by atoms with van der Waals surface area (Å²) in [4.78, 5) is 10.7. The molecule has 4 rings (SSSR count). The molecular weight excluding hydrogens is 307 g/mol. The van der Waals surface area contributed by atoms with Crippen LogP contribution < -0.4 is 0 Å². The summed E-state index contributed by atoms with van der Waals surface area (Å²) in [5, 5.41) is 10.5. The van der Waals surface area contributed by atoms with Gasteiger partial charge in [-0.1, -0.05) is 12.1 Å². The first-order chi connectivity index (χ1) is 11.7. The van der Waals surface area contributed by atoms with Crippen molar-refractivity contribution in [2.75, 3.05) is 6.54 Å². The smallest absolute Gasteiger partial charge is 0.155 e. The van der Waals surface area contributed by atoms with Crippen molar-refractivity contribution in [3.63, 3.8) is 0 Å². The maximum atomic E-state index is 13.0. The lowest BCUT2D eigenvalue weighted by molar-refractivity contribution is 0.103. The van der Waals surface area contributed by atoms with Crippen molar-refractivity contribution in [3.8, 4) is 0 Å². The van der Waals surface area contributed by atoms with Crippen molar-refractivity contribution in [2.45, 2.75) is 31.5 Å². The van der Waals surface area contributed by atoms with Crippen LogP contribution in [0, 0.1) is 5.82 Å². The zero-order valence-corrected chi connectivity index (χ0v) is 13.2. The Bertz CT molecular complexity index is 828. The Balaban J connectivity index is 1.51. The predicted octanol–water partition coefficient (Wildman–Crippen LogP) is 2.57. The van der Waals surface area contributed by atoms with Gasteiger partial charge in [0, 0.05) is 31.5 Å². The maximum absolute atomic E-state index is 13.0. The van der Waals surface area contributed by atoms with Gasteiger partial charge in [0.25, 0.3) is 0 Å². The molecule has 2 heterocycles. The van der Waals surface area contributed by atoms with Crippen molar-refractivity contribution >= 4 is 5.65 Å². The second kappa shape index (κ2) is 6.30. The second-order valence-corrected chi connectivity index (χ2v) is 6.28. The summed E-state index contributed by atoms with van der Waals surface area (Å²) < 4.78 is 15.1. The highest BCUT2D eigenvalue weighted by Crippen LogP contribution is 2.30. The van der Waals surface area contributed by atoms with E-state index in [9.17, 15) is 9.50 Å². The molecule has 1 aliphatic rings. The van der Waals surface area contributed by atoms with E-state index < -0.39 is 6.10 Å². The fourth-order valence-corrected chi connectivity index (χ4v) is 3.01. The third-order valence-electron chi connectivity index (χ3n) is 4.48. The molecule has 1 aliphatic carbocycles. The summed E-state index contributed by atoms with van der Waals surface area (Å²) in [6, 6.07) is 6.55. The van der Waals surface area contributed by atoms with Crippen molar-refractivity contribution in [3.05, 3.63) is 66.1 Å². The van der Waals surface area contributed by atoms with E-state index in [4.69, 9.17) is 0 Å². The molecule has 24 heavy (non-hydrogen) atoms. The SMILES string of the molecule is OC(CN(Cc1cnc2cnccn12)C1CC1)c1ccc(F)cc1. The van der Waals surface area contributed by atoms with Gasteiger partial charge in [-0.15, -0.1) is 0 Å². The first-order valence-corrected chi connectivity index (χ1v) is 8.14. The molecule has 124 valence electrons. The van der Waals surface area contributed by atoms with Gasteiger partial charge in [-0.3, -0.25) is 14.3 Å². The Hall–Kier alpha value is -2.31. The minimum Gasteiger partial charge on any atom is -0.387 e. The quantitative estimate of drug-likeness (QED) is 0.756. The minimum absolute atomic E-state index is 0.288. The third kappa shape index (κ3) is 3.16. The van der Waals surface area contributed by atoms with E-state index in [1.54, 1.807) is 24.5 Å². The van der Waals surface area contributed by atoms with Gasteiger partial charge in [-0.2, -0.15) is 0 Å². The molecule has 0 spiro atoms. The summed E-state index contributed by atoms with van der Waals surface area (Å²) in [5.41, 5.74) is 2.64. The average molecular weight is 326 g/mol. The van der Waals surface area contributed by atoms with E-state index in [0.29, 0.717) is 19.1 Å². The lowest BCUT2D eigenvalue weighted by atomic mass is 10.1. The van der Waals surface area contributed by atoms with Crippen LogP contribution in [-0.4, -0.2) is 37.0 Å². The molecule has 1 N–H and O–H groups in total. The standard InChI is InChI=1S/C18H19FN4O/c19-14-3-1-13(2-4-14)17(24)12-22(15-5-6-15)11-16-9-21-18-10-20-7-8-23(16)18/h1-4,7-10,15,17,24H,5-6,11-12H2. The molecule has 2 aromatic heterocycles. The van der Waals surface area contributed by atoms with Gasteiger partial charge in [-0.25, -0.2) is 9.37 Å². The first-order valence-electron chi connectivity index (χ1n) is 8.14. The van der Waals surface area contributed by atoms with Gasteiger partial charge < -0.3 is 5.11 Å². The van der Waals surface area contributed by atoms with E-state index in [1.807, 2.05) is 16.8 Å². The van der Waals surface area contributed by atoms with Gasteiger partial charge in [0.2, 0.25) is 0 Å². The Morgan fingerprint density at radius 3 is 2.79 bits per heavy atom. The number of fused-ring (bicyclic) bond motifs is 1. The van der Waals surface area contributed by atoms with Crippen LogP contribution in [0.3, 0.4) is 0 Å². The number of benzene rings is 1. The molecule has 0 saturated heterocycles. The molecule has 1 saturated carbocycles. The molecule has 3 aromatic rings. The average Bonchev–Trinajstić information content (AvgIpc) is 3.37. The number of rotatable bonds is 6. The van der Waals surface area contributed by atoms with Gasteiger partial charge >= 0.3 is 0 Å². The summed E-state index contributed by atoms with van der Waals surface area (Å²) in [6.07, 6.45) is 8.90. The highest BCUT2D eigenvalue weighted by molar-refractivity contribution is 5.36. The molecular formula is C18H19FN4O. The van der Waals surface area contributed by atoms with Gasteiger partial charge in [0.1, 0.15) is 5.82 Å². The normalized spacial score (nSPS) is 16.0. The third-order valence-corrected chi connectivity index (χ3v) is 4.48. The number of aliphatic hydroxyl groups excluding tert-OH is 1. The number of aliphatic hydroxyl groups is 1. The van der Waals surface area contributed by atoms with Crippen LogP contribution in [0.25, 0.3) is 5.65 Å². The van der Waals surface area contributed by atoms with Crippen LogP contribution in [0.5, 0.6) is 0 Å². The summed E-state index contributed by atoms with van der Waals surface area (Å²) in [6.45, 7) is 1.24. The predicted molar refractivity (Wildman–Crippen MR) is 87.8 cm³/mol. The van der Waals surface area contributed by atoms with Crippen LogP contribution in [0.4, 0.5) is 4.39 Å². The Morgan fingerprint density at radius 2 is 2.04 bits per heavy atom. The van der Waals surface area contributed by atoms with E-state index in [0.717, 1.165) is 29.7 Å². The van der Waals surface area contributed by atoms with Crippen molar-refractivity contribution < 1.29 is 9.50 Å². The van der Waals surface area contributed by atoms with E-state index >= 15 is 0 Å². The largest absolute Gasteiger partial charge is 0.387 e. The van der Waals surface area contributed by atoms with Crippen molar-refractivity contribution in [2.24, 2.45) is 0 Å². The van der Waals surface area contributed by atoms with Crippen molar-refractivity contribution in [1.29, 1.82) is 0 Å². The fourth-order valence-electron chi connectivity index (χ4n) is 3.01. The maximum Gasteiger partial charge on any atom is 0.155 e. The van der Waals surface area contributed by atoms with Crippen LogP contribution in [0.1, 0.15) is 30.2 Å². The second-order valence-electron chi connectivity index (χ2n) is 6.28. The molecule has 0 bridgehead atoms. The highest BCUT2D eigenvalue weighted by Gasteiger charge is 2.31. The lowest BCUT2D eigenvalue weighted by Gasteiger charge is -2.25. The van der Waals surface area contributed by atoms with Gasteiger partial charge in [-0.05, 0) is 30.5 Å². The zero-order chi connectivity index (χ0) is 16.5. The summed E-state index contributed by atoms with van der Waals surface area (Å²) in [7, 11) is 0. The molecule has 0 amide bonds. The number of hydrogen-bond acceptors (Lipinski definition) is 4. The van der Waals surface area contributed by atoms with Crippen molar-refractivity contribution in [1.82, 2.24) is 19.3 Å². The van der Waals surface area contributed by atoms with Gasteiger partial charge in [0.15, 0.2) is 5.65 Å². The van der Waals surface area contributed by atoms with Gasteiger partial charge in [0.05, 0.1) is 24.2 Å². The van der Waals surface area contributed by atoms with Crippen LogP contribution in [0.2, 0.25) is 0 Å². The molecule has 1 fully saturated rings. The number of imidazole rings is 1. The molecule has 6 heteroatoms. The summed E-state index contributed by atoms with van der Waals surface area (Å²) in [5.74, 6) is -0.288. The molecule has 1 unspecified atom stereocenters. The molecule has 5 nitrogen and oxygen atoms in total. The summed E-state index contributed by atoms with van der Waals surface area (Å²) >= 11 is 0. The Morgan fingerprint density at radius 1 is 1.25 bits per heavy atom.